The Morgan fingerprint density at radius 3 is 2.71 bits per heavy atom. The number of fused-ring (bicyclic) bond motifs is 2. The summed E-state index contributed by atoms with van der Waals surface area (Å²) in [4.78, 5) is 25.3. The maximum absolute atomic E-state index is 13.0. The lowest BCUT2D eigenvalue weighted by Gasteiger charge is -2.34. The molecule has 1 N–H and O–H groups in total. The first-order valence-corrected chi connectivity index (χ1v) is 10.4. The molecule has 28 heavy (non-hydrogen) atoms. The molecule has 0 bridgehead atoms. The van der Waals surface area contributed by atoms with Gasteiger partial charge in [0.25, 0.3) is 5.91 Å². The number of H-pyrrole nitrogens is 1. The van der Waals surface area contributed by atoms with Crippen LogP contribution in [0.5, 0.6) is 0 Å². The third kappa shape index (κ3) is 2.85. The molecule has 6 heteroatoms. The normalized spacial score (nSPS) is 14.9. The Kier molecular flexibility index (Phi) is 4.09. The van der Waals surface area contributed by atoms with E-state index in [4.69, 9.17) is 4.98 Å². The van der Waals surface area contributed by atoms with E-state index >= 15 is 0 Å². The van der Waals surface area contributed by atoms with E-state index in [1.54, 1.807) is 11.3 Å². The predicted molar refractivity (Wildman–Crippen MR) is 116 cm³/mol. The molecule has 0 saturated carbocycles. The summed E-state index contributed by atoms with van der Waals surface area (Å²) in [5, 5.41) is 2.05. The highest BCUT2D eigenvalue weighted by atomic mass is 32.1. The molecule has 5 nitrogen and oxygen atoms in total. The van der Waals surface area contributed by atoms with E-state index in [1.165, 1.54) is 15.8 Å². The van der Waals surface area contributed by atoms with Crippen LogP contribution in [0.2, 0.25) is 0 Å². The summed E-state index contributed by atoms with van der Waals surface area (Å²) in [6.07, 6.45) is 1.83. The smallest absolute Gasteiger partial charge is 0.256 e. The maximum atomic E-state index is 13.0. The Bertz CT molecular complexity index is 1180. The topological polar surface area (TPSA) is 52.2 Å². The van der Waals surface area contributed by atoms with Gasteiger partial charge >= 0.3 is 0 Å². The molecule has 2 aromatic carbocycles. The van der Waals surface area contributed by atoms with Crippen molar-refractivity contribution in [2.45, 2.75) is 13.8 Å². The Labute approximate surface area is 167 Å². The van der Waals surface area contributed by atoms with Gasteiger partial charge in [-0.2, -0.15) is 0 Å². The van der Waals surface area contributed by atoms with Gasteiger partial charge in [0, 0.05) is 43.3 Å². The number of amides is 1. The molecule has 142 valence electrons. The fraction of sp³-hybridized carbons (Fsp3) is 0.273. The number of hydrogen-bond donors (Lipinski definition) is 1. The molecule has 1 fully saturated rings. The van der Waals surface area contributed by atoms with Crippen molar-refractivity contribution >= 4 is 43.5 Å². The van der Waals surface area contributed by atoms with Crippen molar-refractivity contribution in [3.63, 3.8) is 0 Å². The number of nitrogens with one attached hydrogen (secondary N) is 1. The average molecular weight is 391 g/mol. The monoisotopic (exact) mass is 390 g/mol. The third-order valence-corrected chi connectivity index (χ3v) is 6.54. The lowest BCUT2D eigenvalue weighted by atomic mass is 10.1. The Morgan fingerprint density at radius 2 is 1.89 bits per heavy atom. The molecule has 0 aliphatic carbocycles. The average Bonchev–Trinajstić information content (AvgIpc) is 3.32. The summed E-state index contributed by atoms with van der Waals surface area (Å²) in [5.41, 5.74) is 5.36. The summed E-state index contributed by atoms with van der Waals surface area (Å²) < 4.78 is 1.24. The molecule has 4 aromatic rings. The van der Waals surface area contributed by atoms with Crippen molar-refractivity contribution < 1.29 is 4.79 Å². The highest BCUT2D eigenvalue weighted by molar-refractivity contribution is 7.22. The summed E-state index contributed by atoms with van der Waals surface area (Å²) in [6.45, 7) is 7.30. The van der Waals surface area contributed by atoms with Gasteiger partial charge in [-0.15, -0.1) is 0 Å². The number of nitrogens with zero attached hydrogens (tertiary/aromatic N) is 3. The molecule has 0 radical (unpaired) electrons. The first kappa shape index (κ1) is 17.3. The highest BCUT2D eigenvalue weighted by Crippen LogP contribution is 2.32. The van der Waals surface area contributed by atoms with Crippen LogP contribution < -0.4 is 4.90 Å². The van der Waals surface area contributed by atoms with E-state index in [9.17, 15) is 4.79 Å². The number of aryl methyl sites for hydroxylation is 2. The van der Waals surface area contributed by atoms with Gasteiger partial charge in [0.1, 0.15) is 0 Å². The van der Waals surface area contributed by atoms with E-state index in [0.29, 0.717) is 13.1 Å². The number of anilines is 1. The fourth-order valence-electron chi connectivity index (χ4n) is 4.01. The van der Waals surface area contributed by atoms with Gasteiger partial charge in [0.15, 0.2) is 5.13 Å². The molecular weight excluding hydrogens is 368 g/mol. The second kappa shape index (κ2) is 6.63. The summed E-state index contributed by atoms with van der Waals surface area (Å²) in [7, 11) is 0. The van der Waals surface area contributed by atoms with E-state index < -0.39 is 0 Å². The number of aromatic amines is 1. The molecule has 5 rings (SSSR count). The number of hydrogen-bond acceptors (Lipinski definition) is 4. The summed E-state index contributed by atoms with van der Waals surface area (Å²) in [5.74, 6) is 0.105. The zero-order chi connectivity index (χ0) is 19.3. The van der Waals surface area contributed by atoms with Gasteiger partial charge in [0.2, 0.25) is 0 Å². The van der Waals surface area contributed by atoms with Gasteiger partial charge in [-0.3, -0.25) is 4.79 Å². The molecule has 1 amide bonds. The van der Waals surface area contributed by atoms with Gasteiger partial charge in [-0.1, -0.05) is 35.6 Å². The number of aromatic nitrogens is 2. The van der Waals surface area contributed by atoms with Crippen LogP contribution in [0, 0.1) is 13.8 Å². The van der Waals surface area contributed by atoms with Crippen LogP contribution >= 0.6 is 11.3 Å². The first-order valence-electron chi connectivity index (χ1n) is 9.58. The predicted octanol–water partition coefficient (Wildman–Crippen LogP) is 4.36. The maximum Gasteiger partial charge on any atom is 0.256 e. The minimum Gasteiger partial charge on any atom is -0.360 e. The minimum atomic E-state index is 0.105. The van der Waals surface area contributed by atoms with Crippen LogP contribution in [-0.2, 0) is 0 Å². The molecule has 2 aromatic heterocycles. The minimum absolute atomic E-state index is 0.105. The molecular formula is C22H22N4OS. The standard InChI is InChI=1S/C22H22N4OS/c1-14-11-15(2)20-19(12-14)28-22(24-20)26-9-7-25(8-10-26)21(27)17-13-23-18-6-4-3-5-16(17)18/h3-6,11-13,23H,7-10H2,1-2H3. The molecule has 0 unspecified atom stereocenters. The van der Waals surface area contributed by atoms with Crippen molar-refractivity contribution in [2.75, 3.05) is 31.1 Å². The lowest BCUT2D eigenvalue weighted by molar-refractivity contribution is 0.0749. The van der Waals surface area contributed by atoms with Crippen LogP contribution in [0.3, 0.4) is 0 Å². The van der Waals surface area contributed by atoms with Crippen LogP contribution in [0.1, 0.15) is 21.5 Å². The Morgan fingerprint density at radius 1 is 1.11 bits per heavy atom. The number of rotatable bonds is 2. The lowest BCUT2D eigenvalue weighted by Crippen LogP contribution is -2.48. The highest BCUT2D eigenvalue weighted by Gasteiger charge is 2.25. The first-order chi connectivity index (χ1) is 13.6. The van der Waals surface area contributed by atoms with Crippen molar-refractivity contribution in [1.29, 1.82) is 0 Å². The molecule has 1 saturated heterocycles. The van der Waals surface area contributed by atoms with E-state index in [0.717, 1.165) is 40.2 Å². The Balaban J connectivity index is 1.34. The number of benzene rings is 2. The number of piperazine rings is 1. The van der Waals surface area contributed by atoms with Gasteiger partial charge in [0.05, 0.1) is 15.8 Å². The number of thiazole rings is 1. The van der Waals surface area contributed by atoms with Crippen molar-refractivity contribution in [3.8, 4) is 0 Å². The van der Waals surface area contributed by atoms with Crippen molar-refractivity contribution in [1.82, 2.24) is 14.9 Å². The zero-order valence-electron chi connectivity index (χ0n) is 16.0. The summed E-state index contributed by atoms with van der Waals surface area (Å²) in [6, 6.07) is 12.3. The van der Waals surface area contributed by atoms with Crippen molar-refractivity contribution in [2.24, 2.45) is 0 Å². The van der Waals surface area contributed by atoms with E-state index in [2.05, 4.69) is 35.9 Å². The summed E-state index contributed by atoms with van der Waals surface area (Å²) >= 11 is 1.75. The van der Waals surface area contributed by atoms with Gasteiger partial charge in [-0.05, 0) is 37.1 Å². The second-order valence-electron chi connectivity index (χ2n) is 7.45. The van der Waals surface area contributed by atoms with E-state index in [-0.39, 0.29) is 5.91 Å². The fourth-order valence-corrected chi connectivity index (χ4v) is 5.21. The zero-order valence-corrected chi connectivity index (χ0v) is 16.8. The largest absolute Gasteiger partial charge is 0.360 e. The Hall–Kier alpha value is -2.86. The SMILES string of the molecule is Cc1cc(C)c2nc(N3CCN(C(=O)c4c[nH]c5ccccc45)CC3)sc2c1. The van der Waals surface area contributed by atoms with Gasteiger partial charge < -0.3 is 14.8 Å². The quantitative estimate of drug-likeness (QED) is 0.553. The molecule has 0 atom stereocenters. The number of carbonyl (C=O) groups is 1. The van der Waals surface area contributed by atoms with Crippen LogP contribution in [0.25, 0.3) is 21.1 Å². The van der Waals surface area contributed by atoms with Crippen LogP contribution in [0.15, 0.2) is 42.6 Å². The molecule has 0 spiro atoms. The van der Waals surface area contributed by atoms with Gasteiger partial charge in [-0.25, -0.2) is 4.98 Å². The number of carbonyl (C=O) groups excluding carboxylic acids is 1. The third-order valence-electron chi connectivity index (χ3n) is 5.48. The van der Waals surface area contributed by atoms with Crippen LogP contribution in [-0.4, -0.2) is 47.0 Å². The van der Waals surface area contributed by atoms with Crippen molar-refractivity contribution in [3.05, 3.63) is 59.3 Å². The van der Waals surface area contributed by atoms with E-state index in [1.807, 2.05) is 35.4 Å². The molecule has 1 aliphatic rings. The van der Waals surface area contributed by atoms with Crippen LogP contribution in [0.4, 0.5) is 5.13 Å². The molecule has 3 heterocycles. The second-order valence-corrected chi connectivity index (χ2v) is 8.46. The molecule has 1 aliphatic heterocycles. The number of para-hydroxylation sites is 1.